The van der Waals surface area contributed by atoms with E-state index in [1.165, 1.54) is 4.31 Å². The lowest BCUT2D eigenvalue weighted by atomic mass is 10.0. The predicted octanol–water partition coefficient (Wildman–Crippen LogP) is 3.46. The van der Waals surface area contributed by atoms with Crippen LogP contribution in [0, 0.1) is 12.8 Å². The van der Waals surface area contributed by atoms with Crippen LogP contribution >= 0.6 is 0 Å². The highest BCUT2D eigenvalue weighted by Gasteiger charge is 2.30. The first-order valence-corrected chi connectivity index (χ1v) is 11.3. The molecule has 0 N–H and O–H groups in total. The van der Waals surface area contributed by atoms with E-state index in [0.29, 0.717) is 30.4 Å². The number of nitrogens with zero attached hydrogens (tertiary/aromatic N) is 2. The fraction of sp³-hybridized carbons (Fsp3) is 0.409. The third-order valence-electron chi connectivity index (χ3n) is 5.26. The van der Waals surface area contributed by atoms with Crippen molar-refractivity contribution in [3.05, 3.63) is 54.1 Å². The SMILES string of the molecule is COc1ccc(N(CC(=O)N2CCCC(C)C2)S(=O)(=O)c2ccc(C)cc2)cc1. The number of rotatable bonds is 6. The van der Waals surface area contributed by atoms with E-state index in [9.17, 15) is 13.2 Å². The first-order chi connectivity index (χ1) is 13.8. The molecule has 29 heavy (non-hydrogen) atoms. The second-order valence-corrected chi connectivity index (χ2v) is 9.47. The van der Waals surface area contributed by atoms with E-state index >= 15 is 0 Å². The first-order valence-electron chi connectivity index (χ1n) is 9.82. The van der Waals surface area contributed by atoms with Crippen molar-refractivity contribution in [3.63, 3.8) is 0 Å². The van der Waals surface area contributed by atoms with Crippen LogP contribution in [0.2, 0.25) is 0 Å². The minimum absolute atomic E-state index is 0.165. The van der Waals surface area contributed by atoms with Crippen LogP contribution in [0.4, 0.5) is 5.69 Å². The van der Waals surface area contributed by atoms with Gasteiger partial charge in [0.25, 0.3) is 10.0 Å². The molecule has 0 saturated carbocycles. The van der Waals surface area contributed by atoms with Gasteiger partial charge in [-0.05, 0) is 62.1 Å². The monoisotopic (exact) mass is 416 g/mol. The van der Waals surface area contributed by atoms with Crippen LogP contribution in [-0.2, 0) is 14.8 Å². The lowest BCUT2D eigenvalue weighted by Gasteiger charge is -2.33. The van der Waals surface area contributed by atoms with Crippen LogP contribution < -0.4 is 9.04 Å². The standard InChI is InChI=1S/C22H28N2O4S/c1-17-6-12-21(13-7-17)29(26,27)24(19-8-10-20(28-3)11-9-19)16-22(25)23-14-4-5-18(2)15-23/h6-13,18H,4-5,14-16H2,1-3H3. The molecule has 1 aliphatic heterocycles. The number of ether oxygens (including phenoxy) is 1. The Morgan fingerprint density at radius 1 is 1.14 bits per heavy atom. The van der Waals surface area contributed by atoms with Gasteiger partial charge < -0.3 is 9.64 Å². The van der Waals surface area contributed by atoms with Crippen molar-refractivity contribution < 1.29 is 17.9 Å². The van der Waals surface area contributed by atoms with Crippen molar-refractivity contribution in [1.82, 2.24) is 4.90 Å². The van der Waals surface area contributed by atoms with Crippen LogP contribution in [0.15, 0.2) is 53.4 Å². The number of aryl methyl sites for hydroxylation is 1. The second kappa shape index (κ2) is 8.86. The van der Waals surface area contributed by atoms with Gasteiger partial charge in [-0.3, -0.25) is 9.10 Å². The summed E-state index contributed by atoms with van der Waals surface area (Å²) >= 11 is 0. The zero-order chi connectivity index (χ0) is 21.0. The van der Waals surface area contributed by atoms with Crippen LogP contribution in [-0.4, -0.2) is 46.0 Å². The zero-order valence-electron chi connectivity index (χ0n) is 17.2. The number of benzene rings is 2. The van der Waals surface area contributed by atoms with Gasteiger partial charge in [0.05, 0.1) is 17.7 Å². The molecule has 2 aromatic carbocycles. The van der Waals surface area contributed by atoms with E-state index in [2.05, 4.69) is 6.92 Å². The number of carbonyl (C=O) groups is 1. The third kappa shape index (κ3) is 4.90. The van der Waals surface area contributed by atoms with Crippen LogP contribution in [0.1, 0.15) is 25.3 Å². The van der Waals surface area contributed by atoms with Crippen molar-refractivity contribution >= 4 is 21.6 Å². The maximum atomic E-state index is 13.4. The summed E-state index contributed by atoms with van der Waals surface area (Å²) in [5.74, 6) is 0.872. The molecule has 156 valence electrons. The predicted molar refractivity (Wildman–Crippen MR) is 114 cm³/mol. The number of methoxy groups -OCH3 is 1. The van der Waals surface area contributed by atoms with E-state index in [0.717, 1.165) is 18.4 Å². The molecule has 0 aromatic heterocycles. The molecule has 1 amide bonds. The lowest BCUT2D eigenvalue weighted by Crippen LogP contribution is -2.46. The van der Waals surface area contributed by atoms with Gasteiger partial charge in [0.15, 0.2) is 0 Å². The minimum Gasteiger partial charge on any atom is -0.497 e. The molecule has 1 unspecified atom stereocenters. The molecular weight excluding hydrogens is 388 g/mol. The highest BCUT2D eigenvalue weighted by molar-refractivity contribution is 7.92. The summed E-state index contributed by atoms with van der Waals surface area (Å²) in [6, 6.07) is 13.4. The summed E-state index contributed by atoms with van der Waals surface area (Å²) in [7, 11) is -2.34. The Morgan fingerprint density at radius 3 is 2.38 bits per heavy atom. The molecule has 1 fully saturated rings. The average Bonchev–Trinajstić information content (AvgIpc) is 2.72. The second-order valence-electron chi connectivity index (χ2n) is 7.61. The normalized spacial score (nSPS) is 17.1. The van der Waals surface area contributed by atoms with E-state index in [4.69, 9.17) is 4.74 Å². The van der Waals surface area contributed by atoms with Gasteiger partial charge in [-0.15, -0.1) is 0 Å². The lowest BCUT2D eigenvalue weighted by molar-refractivity contribution is -0.131. The van der Waals surface area contributed by atoms with Crippen molar-refractivity contribution in [3.8, 4) is 5.75 Å². The third-order valence-corrected chi connectivity index (χ3v) is 7.05. The van der Waals surface area contributed by atoms with Gasteiger partial charge >= 0.3 is 0 Å². The van der Waals surface area contributed by atoms with Gasteiger partial charge in [-0.25, -0.2) is 8.42 Å². The largest absolute Gasteiger partial charge is 0.497 e. The van der Waals surface area contributed by atoms with E-state index < -0.39 is 10.0 Å². The van der Waals surface area contributed by atoms with Crippen LogP contribution in [0.5, 0.6) is 5.75 Å². The van der Waals surface area contributed by atoms with Gasteiger partial charge in [-0.2, -0.15) is 0 Å². The summed E-state index contributed by atoms with van der Waals surface area (Å²) in [6.07, 6.45) is 2.04. The Balaban J connectivity index is 1.94. The Kier molecular flexibility index (Phi) is 6.47. The van der Waals surface area contributed by atoms with E-state index in [1.807, 2.05) is 6.92 Å². The Bertz CT molecular complexity index is 940. The molecule has 7 heteroatoms. The molecule has 1 aliphatic rings. The number of sulfonamides is 1. The number of hydrogen-bond acceptors (Lipinski definition) is 4. The molecule has 0 radical (unpaired) electrons. The highest BCUT2D eigenvalue weighted by atomic mass is 32.2. The maximum absolute atomic E-state index is 13.4. The molecule has 0 aliphatic carbocycles. The van der Waals surface area contributed by atoms with Gasteiger partial charge in [0.1, 0.15) is 12.3 Å². The first kappa shape index (κ1) is 21.2. The molecule has 1 saturated heterocycles. The van der Waals surface area contributed by atoms with E-state index in [1.54, 1.807) is 60.5 Å². The van der Waals surface area contributed by atoms with Gasteiger partial charge in [-0.1, -0.05) is 24.6 Å². The van der Waals surface area contributed by atoms with E-state index in [-0.39, 0.29) is 17.3 Å². The summed E-state index contributed by atoms with van der Waals surface area (Å²) < 4.78 is 33.2. The Labute approximate surface area is 173 Å². The molecule has 2 aromatic rings. The van der Waals surface area contributed by atoms with Crippen LogP contribution in [0.25, 0.3) is 0 Å². The Morgan fingerprint density at radius 2 is 1.79 bits per heavy atom. The zero-order valence-corrected chi connectivity index (χ0v) is 18.0. The van der Waals surface area contributed by atoms with Crippen molar-refractivity contribution in [2.45, 2.75) is 31.6 Å². The summed E-state index contributed by atoms with van der Waals surface area (Å²) in [4.78, 5) is 14.9. The smallest absolute Gasteiger partial charge is 0.264 e. The fourth-order valence-corrected chi connectivity index (χ4v) is 4.95. The van der Waals surface area contributed by atoms with Crippen molar-refractivity contribution in [2.24, 2.45) is 5.92 Å². The Hall–Kier alpha value is -2.54. The number of anilines is 1. The maximum Gasteiger partial charge on any atom is 0.264 e. The number of hydrogen-bond donors (Lipinski definition) is 0. The van der Waals surface area contributed by atoms with Gasteiger partial charge in [0.2, 0.25) is 5.91 Å². The molecule has 3 rings (SSSR count). The van der Waals surface area contributed by atoms with Gasteiger partial charge in [0, 0.05) is 13.1 Å². The topological polar surface area (TPSA) is 66.9 Å². The number of carbonyl (C=O) groups excluding carboxylic acids is 1. The summed E-state index contributed by atoms with van der Waals surface area (Å²) in [5, 5.41) is 0. The molecule has 1 atom stereocenters. The molecule has 1 heterocycles. The van der Waals surface area contributed by atoms with Crippen molar-refractivity contribution in [2.75, 3.05) is 31.0 Å². The minimum atomic E-state index is -3.89. The quantitative estimate of drug-likeness (QED) is 0.723. The molecular formula is C22H28N2O4S. The average molecular weight is 417 g/mol. The summed E-state index contributed by atoms with van der Waals surface area (Å²) in [5.41, 5.74) is 1.41. The van der Waals surface area contributed by atoms with Crippen molar-refractivity contribution in [1.29, 1.82) is 0 Å². The summed E-state index contributed by atoms with van der Waals surface area (Å²) in [6.45, 7) is 5.13. The van der Waals surface area contributed by atoms with Crippen LogP contribution in [0.3, 0.4) is 0 Å². The number of amides is 1. The number of piperidine rings is 1. The molecule has 0 bridgehead atoms. The fourth-order valence-electron chi connectivity index (χ4n) is 3.54. The number of likely N-dealkylation sites (tertiary alicyclic amines) is 1. The highest BCUT2D eigenvalue weighted by Crippen LogP contribution is 2.27. The molecule has 0 spiro atoms. The molecule has 6 nitrogen and oxygen atoms in total.